The fourth-order valence-electron chi connectivity index (χ4n) is 4.09. The fourth-order valence-corrected chi connectivity index (χ4v) is 4.09. The van der Waals surface area contributed by atoms with Gasteiger partial charge < -0.3 is 15.0 Å². The minimum Gasteiger partial charge on any atom is -0.497 e. The van der Waals surface area contributed by atoms with Crippen LogP contribution in [0.25, 0.3) is 0 Å². The molecule has 0 aliphatic rings. The van der Waals surface area contributed by atoms with Crippen LogP contribution in [0.5, 0.6) is 5.75 Å². The van der Waals surface area contributed by atoms with Crippen LogP contribution in [-0.4, -0.2) is 36.4 Å². The van der Waals surface area contributed by atoms with Crippen LogP contribution in [0.1, 0.15) is 42.5 Å². The Morgan fingerprint density at radius 2 is 1.58 bits per heavy atom. The highest BCUT2D eigenvalue weighted by molar-refractivity contribution is 5.88. The van der Waals surface area contributed by atoms with E-state index < -0.39 is 6.04 Å². The number of hydrogen-bond acceptors (Lipinski definition) is 3. The van der Waals surface area contributed by atoms with E-state index >= 15 is 0 Å². The van der Waals surface area contributed by atoms with Gasteiger partial charge in [-0.05, 0) is 48.1 Å². The molecule has 0 saturated heterocycles. The third kappa shape index (κ3) is 8.26. The Balaban J connectivity index is 1.90. The Hall–Kier alpha value is -3.60. The van der Waals surface area contributed by atoms with E-state index in [0.29, 0.717) is 38.3 Å². The van der Waals surface area contributed by atoms with Crippen LogP contribution in [0.4, 0.5) is 0 Å². The minimum absolute atomic E-state index is 0.0426. The first-order chi connectivity index (χ1) is 17.4. The van der Waals surface area contributed by atoms with Crippen molar-refractivity contribution >= 4 is 11.8 Å². The lowest BCUT2D eigenvalue weighted by Gasteiger charge is -2.32. The minimum atomic E-state index is -0.622. The maximum absolute atomic E-state index is 13.7. The average molecular weight is 487 g/mol. The van der Waals surface area contributed by atoms with Crippen LogP contribution < -0.4 is 10.1 Å². The largest absolute Gasteiger partial charge is 0.497 e. The summed E-state index contributed by atoms with van der Waals surface area (Å²) in [5.74, 6) is 0.872. The molecule has 1 N–H and O–H groups in total. The molecule has 2 amide bonds. The monoisotopic (exact) mass is 486 g/mol. The van der Waals surface area contributed by atoms with Crippen molar-refractivity contribution in [3.8, 4) is 5.75 Å². The second-order valence-electron chi connectivity index (χ2n) is 9.70. The molecule has 190 valence electrons. The van der Waals surface area contributed by atoms with E-state index in [-0.39, 0.29) is 11.8 Å². The van der Waals surface area contributed by atoms with Gasteiger partial charge in [0.2, 0.25) is 11.8 Å². The quantitative estimate of drug-likeness (QED) is 0.376. The van der Waals surface area contributed by atoms with Gasteiger partial charge in [0.05, 0.1) is 7.11 Å². The number of nitrogens with zero attached hydrogens (tertiary/aromatic N) is 1. The summed E-state index contributed by atoms with van der Waals surface area (Å²) in [7, 11) is 1.63. The summed E-state index contributed by atoms with van der Waals surface area (Å²) in [5.41, 5.74) is 4.24. The van der Waals surface area contributed by atoms with Gasteiger partial charge in [0.15, 0.2) is 0 Å². The van der Waals surface area contributed by atoms with Crippen molar-refractivity contribution < 1.29 is 14.3 Å². The summed E-state index contributed by atoms with van der Waals surface area (Å²) >= 11 is 0. The molecule has 0 heterocycles. The molecule has 36 heavy (non-hydrogen) atoms. The van der Waals surface area contributed by atoms with E-state index in [1.54, 1.807) is 12.0 Å². The lowest BCUT2D eigenvalue weighted by atomic mass is 10.0. The zero-order chi connectivity index (χ0) is 25.9. The number of rotatable bonds is 12. The van der Waals surface area contributed by atoms with E-state index in [1.165, 1.54) is 5.56 Å². The van der Waals surface area contributed by atoms with Crippen molar-refractivity contribution in [2.45, 2.75) is 52.6 Å². The lowest BCUT2D eigenvalue weighted by molar-refractivity contribution is -0.141. The smallest absolute Gasteiger partial charge is 0.243 e. The number of ether oxygens (including phenoxy) is 1. The summed E-state index contributed by atoms with van der Waals surface area (Å²) in [6.45, 7) is 7.07. The molecular weight excluding hydrogens is 448 g/mol. The topological polar surface area (TPSA) is 58.6 Å². The molecule has 3 rings (SSSR count). The highest BCUT2D eigenvalue weighted by Gasteiger charge is 2.30. The van der Waals surface area contributed by atoms with Crippen LogP contribution in [0.3, 0.4) is 0 Å². The van der Waals surface area contributed by atoms with E-state index in [4.69, 9.17) is 4.74 Å². The van der Waals surface area contributed by atoms with Gasteiger partial charge in [0.1, 0.15) is 11.8 Å². The van der Waals surface area contributed by atoms with Crippen molar-refractivity contribution in [2.75, 3.05) is 13.7 Å². The predicted octanol–water partition coefficient (Wildman–Crippen LogP) is 5.35. The Kier molecular flexibility index (Phi) is 10.1. The van der Waals surface area contributed by atoms with Crippen LogP contribution in [0.15, 0.2) is 78.9 Å². The molecule has 5 heteroatoms. The summed E-state index contributed by atoms with van der Waals surface area (Å²) in [6.07, 6.45) is 1.40. The van der Waals surface area contributed by atoms with Gasteiger partial charge in [-0.3, -0.25) is 9.59 Å². The normalized spacial score (nSPS) is 11.7. The van der Waals surface area contributed by atoms with Gasteiger partial charge in [-0.2, -0.15) is 0 Å². The predicted molar refractivity (Wildman–Crippen MR) is 145 cm³/mol. The molecule has 0 aliphatic carbocycles. The average Bonchev–Trinajstić information content (AvgIpc) is 2.89. The maximum Gasteiger partial charge on any atom is 0.243 e. The van der Waals surface area contributed by atoms with Gasteiger partial charge in [0.25, 0.3) is 0 Å². The molecule has 0 fully saturated rings. The molecule has 1 atom stereocenters. The van der Waals surface area contributed by atoms with Crippen molar-refractivity contribution in [1.29, 1.82) is 0 Å². The first-order valence-corrected chi connectivity index (χ1v) is 12.6. The second-order valence-corrected chi connectivity index (χ2v) is 9.70. The molecule has 0 aliphatic heterocycles. The molecule has 0 aromatic heterocycles. The van der Waals surface area contributed by atoms with Crippen molar-refractivity contribution in [2.24, 2.45) is 5.92 Å². The SMILES string of the molecule is COc1cccc(CN(C(=O)CCc2ccc(C)cc2)[C@@H](Cc2ccccc2)C(=O)NCC(C)C)c1. The Labute approximate surface area is 215 Å². The third-order valence-corrected chi connectivity index (χ3v) is 6.19. The standard InChI is InChI=1S/C31H38N2O3/c1-23(2)21-32-31(35)29(20-26-9-6-5-7-10-26)33(22-27-11-8-12-28(19-27)36-4)30(34)18-17-25-15-13-24(3)14-16-25/h5-16,19,23,29H,17-18,20-22H2,1-4H3,(H,32,35)/t29-/m0/s1. The summed E-state index contributed by atoms with van der Waals surface area (Å²) in [6, 6.07) is 25.2. The van der Waals surface area contributed by atoms with Crippen molar-refractivity contribution in [3.05, 3.63) is 101 Å². The second kappa shape index (κ2) is 13.5. The Morgan fingerprint density at radius 1 is 0.889 bits per heavy atom. The summed E-state index contributed by atoms with van der Waals surface area (Å²) in [5, 5.41) is 3.07. The molecule has 5 nitrogen and oxygen atoms in total. The van der Waals surface area contributed by atoms with Crippen LogP contribution in [-0.2, 0) is 29.0 Å². The molecule has 0 radical (unpaired) electrons. The van der Waals surface area contributed by atoms with Gasteiger partial charge in [-0.1, -0.05) is 86.1 Å². The van der Waals surface area contributed by atoms with Gasteiger partial charge in [-0.15, -0.1) is 0 Å². The number of carbonyl (C=O) groups excluding carboxylic acids is 2. The highest BCUT2D eigenvalue weighted by Crippen LogP contribution is 2.20. The third-order valence-electron chi connectivity index (χ3n) is 6.19. The lowest BCUT2D eigenvalue weighted by Crippen LogP contribution is -2.51. The number of nitrogens with one attached hydrogen (secondary N) is 1. The van der Waals surface area contributed by atoms with Crippen LogP contribution >= 0.6 is 0 Å². The van der Waals surface area contributed by atoms with Gasteiger partial charge in [0, 0.05) is 25.9 Å². The van der Waals surface area contributed by atoms with E-state index in [0.717, 1.165) is 22.4 Å². The zero-order valence-corrected chi connectivity index (χ0v) is 21.9. The van der Waals surface area contributed by atoms with Crippen molar-refractivity contribution in [3.63, 3.8) is 0 Å². The van der Waals surface area contributed by atoms with Gasteiger partial charge in [-0.25, -0.2) is 0 Å². The number of amides is 2. The van der Waals surface area contributed by atoms with Gasteiger partial charge >= 0.3 is 0 Å². The summed E-state index contributed by atoms with van der Waals surface area (Å²) < 4.78 is 5.40. The number of carbonyl (C=O) groups is 2. The molecule has 3 aromatic carbocycles. The highest BCUT2D eigenvalue weighted by atomic mass is 16.5. The maximum atomic E-state index is 13.7. The number of benzene rings is 3. The zero-order valence-electron chi connectivity index (χ0n) is 21.9. The molecule has 3 aromatic rings. The number of methoxy groups -OCH3 is 1. The molecular formula is C31H38N2O3. The van der Waals surface area contributed by atoms with Crippen LogP contribution in [0.2, 0.25) is 0 Å². The molecule has 0 spiro atoms. The fraction of sp³-hybridized carbons (Fsp3) is 0.355. The van der Waals surface area contributed by atoms with Crippen molar-refractivity contribution in [1.82, 2.24) is 10.2 Å². The Morgan fingerprint density at radius 3 is 2.25 bits per heavy atom. The van der Waals surface area contributed by atoms with Crippen LogP contribution in [0, 0.1) is 12.8 Å². The van der Waals surface area contributed by atoms with E-state index in [1.807, 2.05) is 54.6 Å². The molecule has 0 unspecified atom stereocenters. The number of aryl methyl sites for hydroxylation is 2. The summed E-state index contributed by atoms with van der Waals surface area (Å²) in [4.78, 5) is 29.0. The molecule has 0 saturated carbocycles. The number of hydrogen-bond donors (Lipinski definition) is 1. The Bertz CT molecular complexity index is 1110. The molecule has 0 bridgehead atoms. The first kappa shape index (κ1) is 27.0. The van der Waals surface area contributed by atoms with E-state index in [2.05, 4.69) is 50.4 Å². The first-order valence-electron chi connectivity index (χ1n) is 12.6. The van der Waals surface area contributed by atoms with E-state index in [9.17, 15) is 9.59 Å².